The number of nitrogens with one attached hydrogen (secondary N) is 2. The highest BCUT2D eigenvalue weighted by Crippen LogP contribution is 2.39. The monoisotopic (exact) mass is 526 g/mol. The molecule has 3 heterocycles. The number of rotatable bonds is 4. The zero-order chi connectivity index (χ0) is 27.7. The number of carbonyl (C=O) groups is 2. The number of aromatic amines is 1. The second kappa shape index (κ2) is 12.6. The van der Waals surface area contributed by atoms with Crippen LogP contribution in [0.15, 0.2) is 53.0 Å². The summed E-state index contributed by atoms with van der Waals surface area (Å²) in [7, 11) is 2.59. The summed E-state index contributed by atoms with van der Waals surface area (Å²) >= 11 is 0. The van der Waals surface area contributed by atoms with Gasteiger partial charge < -0.3 is 38.7 Å². The second-order valence-corrected chi connectivity index (χ2v) is 7.36. The summed E-state index contributed by atoms with van der Waals surface area (Å²) in [5.41, 5.74) is 1.68. The van der Waals surface area contributed by atoms with Crippen molar-refractivity contribution < 1.29 is 47.6 Å². The van der Waals surface area contributed by atoms with Gasteiger partial charge in [-0.2, -0.15) is 9.59 Å². The maximum Gasteiger partial charge on any atom is 0.373 e. The van der Waals surface area contributed by atoms with Gasteiger partial charge in [0.25, 0.3) is 0 Å². The Morgan fingerprint density at radius 3 is 2.29 bits per heavy atom. The van der Waals surface area contributed by atoms with Gasteiger partial charge in [-0.25, -0.2) is 9.59 Å². The van der Waals surface area contributed by atoms with Crippen LogP contribution in [-0.4, -0.2) is 50.9 Å². The first-order valence-corrected chi connectivity index (χ1v) is 10.8. The molecule has 0 unspecified atom stereocenters. The third-order valence-electron chi connectivity index (χ3n) is 5.01. The molecule has 13 heteroatoms. The normalized spacial score (nSPS) is 12.2. The SMILES string of the molecule is COC(=O)/C=C(\C)Nc1cccc2c1OCO2.COC(=O)c1cc(=O)c2ccc3c(c2[nH]1)OCO3.O=C=O. The van der Waals surface area contributed by atoms with E-state index in [0.717, 1.165) is 5.69 Å². The van der Waals surface area contributed by atoms with Crippen LogP contribution >= 0.6 is 0 Å². The zero-order valence-corrected chi connectivity index (χ0v) is 20.4. The first kappa shape index (κ1) is 27.3. The van der Waals surface area contributed by atoms with Crippen molar-refractivity contribution in [2.75, 3.05) is 33.1 Å². The van der Waals surface area contributed by atoms with Crippen LogP contribution in [0.3, 0.4) is 0 Å². The van der Waals surface area contributed by atoms with Gasteiger partial charge in [-0.1, -0.05) is 6.07 Å². The lowest BCUT2D eigenvalue weighted by Gasteiger charge is -2.08. The number of H-pyrrole nitrogens is 1. The molecule has 0 radical (unpaired) electrons. The van der Waals surface area contributed by atoms with Crippen LogP contribution in [0.4, 0.5) is 5.69 Å². The van der Waals surface area contributed by atoms with Gasteiger partial charge in [-0.05, 0) is 31.2 Å². The van der Waals surface area contributed by atoms with E-state index in [-0.39, 0.29) is 30.9 Å². The van der Waals surface area contributed by atoms with Gasteiger partial charge in [-0.3, -0.25) is 4.79 Å². The molecule has 0 saturated carbocycles. The van der Waals surface area contributed by atoms with E-state index in [1.807, 2.05) is 18.2 Å². The number of aromatic nitrogens is 1. The molecule has 3 aromatic rings. The molecule has 198 valence electrons. The highest BCUT2D eigenvalue weighted by atomic mass is 16.7. The van der Waals surface area contributed by atoms with E-state index >= 15 is 0 Å². The van der Waals surface area contributed by atoms with Crippen molar-refractivity contribution in [3.8, 4) is 23.0 Å². The Hall–Kier alpha value is -5.29. The van der Waals surface area contributed by atoms with E-state index < -0.39 is 11.9 Å². The fourth-order valence-electron chi connectivity index (χ4n) is 3.41. The number of pyridine rings is 1. The van der Waals surface area contributed by atoms with Crippen molar-refractivity contribution in [3.63, 3.8) is 0 Å². The van der Waals surface area contributed by atoms with Crippen molar-refractivity contribution in [1.82, 2.24) is 4.98 Å². The molecule has 13 nitrogen and oxygen atoms in total. The average molecular weight is 526 g/mol. The van der Waals surface area contributed by atoms with Crippen molar-refractivity contribution in [3.05, 3.63) is 64.1 Å². The summed E-state index contributed by atoms with van der Waals surface area (Å²) < 4.78 is 30.2. The predicted octanol–water partition coefficient (Wildman–Crippen LogP) is 2.36. The molecule has 2 aromatic carbocycles. The van der Waals surface area contributed by atoms with E-state index in [1.165, 1.54) is 26.4 Å². The number of ether oxygens (including phenoxy) is 6. The summed E-state index contributed by atoms with van der Waals surface area (Å²) in [4.78, 5) is 53.5. The molecule has 0 fully saturated rings. The van der Waals surface area contributed by atoms with Gasteiger partial charge in [0, 0.05) is 23.2 Å². The van der Waals surface area contributed by atoms with Crippen molar-refractivity contribution in [1.29, 1.82) is 0 Å². The average Bonchev–Trinajstić information content (AvgIpc) is 3.59. The third-order valence-corrected chi connectivity index (χ3v) is 5.01. The Bertz CT molecular complexity index is 1470. The number of carbonyl (C=O) groups excluding carboxylic acids is 4. The second-order valence-electron chi connectivity index (χ2n) is 7.36. The van der Waals surface area contributed by atoms with Crippen molar-refractivity contribution in [2.45, 2.75) is 6.92 Å². The topological polar surface area (TPSA) is 169 Å². The van der Waals surface area contributed by atoms with Gasteiger partial charge in [-0.15, -0.1) is 0 Å². The largest absolute Gasteiger partial charge is 0.466 e. The Morgan fingerprint density at radius 2 is 1.63 bits per heavy atom. The van der Waals surface area contributed by atoms with E-state index in [1.54, 1.807) is 19.1 Å². The van der Waals surface area contributed by atoms with E-state index in [2.05, 4.69) is 19.8 Å². The molecule has 0 bridgehead atoms. The van der Waals surface area contributed by atoms with E-state index in [9.17, 15) is 14.4 Å². The summed E-state index contributed by atoms with van der Waals surface area (Å²) in [5.74, 6) is 1.33. The first-order chi connectivity index (χ1) is 18.3. The van der Waals surface area contributed by atoms with Crippen LogP contribution in [0.25, 0.3) is 10.9 Å². The van der Waals surface area contributed by atoms with Crippen LogP contribution in [0.1, 0.15) is 17.4 Å². The number of methoxy groups -OCH3 is 2. The fraction of sp³-hybridized carbons (Fsp3) is 0.200. The van der Waals surface area contributed by atoms with Crippen molar-refractivity contribution >= 4 is 34.7 Å². The predicted molar refractivity (Wildman–Crippen MR) is 129 cm³/mol. The Balaban J connectivity index is 0.000000191. The number of hydrogen-bond acceptors (Lipinski definition) is 12. The maximum atomic E-state index is 11.9. The Kier molecular flexibility index (Phi) is 9.06. The molecular formula is C25H22N2O11. The van der Waals surface area contributed by atoms with Crippen LogP contribution in [0, 0.1) is 0 Å². The van der Waals surface area contributed by atoms with E-state index in [4.69, 9.17) is 28.5 Å². The quantitative estimate of drug-likeness (QED) is 0.377. The number of fused-ring (bicyclic) bond motifs is 4. The van der Waals surface area contributed by atoms with Gasteiger partial charge in [0.05, 0.1) is 25.4 Å². The molecule has 0 spiro atoms. The first-order valence-electron chi connectivity index (χ1n) is 10.8. The lowest BCUT2D eigenvalue weighted by molar-refractivity contribution is -0.191. The zero-order valence-electron chi connectivity index (χ0n) is 20.4. The third kappa shape index (κ3) is 6.28. The highest BCUT2D eigenvalue weighted by Gasteiger charge is 2.20. The van der Waals surface area contributed by atoms with Crippen molar-refractivity contribution in [2.24, 2.45) is 0 Å². The van der Waals surface area contributed by atoms with Gasteiger partial charge >= 0.3 is 18.1 Å². The molecule has 2 N–H and O–H groups in total. The molecule has 38 heavy (non-hydrogen) atoms. The standard InChI is InChI=1S/C12H9NO5.C12H13NO4.CO2/c1-16-12(15)7-4-8(14)6-2-3-9-11(10(6)13-7)18-5-17-9;1-8(6-11(14)15-2)13-9-4-3-5-10-12(9)17-7-16-10;2-1-3/h2-4H,5H2,1H3,(H,13,14);3-6,13H,7H2,1-2H3;/b;8-6+;. The molecule has 2 aliphatic heterocycles. The number of benzene rings is 2. The lowest BCUT2D eigenvalue weighted by atomic mass is 10.1. The molecule has 0 amide bonds. The van der Waals surface area contributed by atoms with Crippen LogP contribution in [0.5, 0.6) is 23.0 Å². The molecular weight excluding hydrogens is 504 g/mol. The Morgan fingerprint density at radius 1 is 0.974 bits per heavy atom. The fourth-order valence-corrected chi connectivity index (χ4v) is 3.41. The van der Waals surface area contributed by atoms with Gasteiger partial charge in [0.2, 0.25) is 13.6 Å². The number of allylic oxidation sites excluding steroid dienone is 1. The van der Waals surface area contributed by atoms with Crippen LogP contribution in [-0.2, 0) is 23.9 Å². The molecule has 0 aliphatic carbocycles. The molecule has 1 aromatic heterocycles. The number of anilines is 1. The minimum atomic E-state index is -0.606. The van der Waals surface area contributed by atoms with Gasteiger partial charge in [0.1, 0.15) is 5.69 Å². The smallest absolute Gasteiger partial charge is 0.373 e. The maximum absolute atomic E-state index is 11.9. The van der Waals surface area contributed by atoms with Crippen LogP contribution < -0.4 is 29.7 Å². The summed E-state index contributed by atoms with van der Waals surface area (Å²) in [6, 6.07) is 10.0. The molecule has 5 rings (SSSR count). The highest BCUT2D eigenvalue weighted by molar-refractivity contribution is 5.93. The van der Waals surface area contributed by atoms with E-state index in [0.29, 0.717) is 39.6 Å². The molecule has 0 saturated heterocycles. The number of para-hydroxylation sites is 1. The summed E-state index contributed by atoms with van der Waals surface area (Å²) in [6.07, 6.45) is 1.62. The Labute approximate surface area is 214 Å². The number of esters is 2. The molecule has 0 atom stereocenters. The summed E-state index contributed by atoms with van der Waals surface area (Å²) in [6.45, 7) is 2.08. The minimum Gasteiger partial charge on any atom is -0.466 e. The summed E-state index contributed by atoms with van der Waals surface area (Å²) in [5, 5.41) is 3.50. The number of hydrogen-bond donors (Lipinski definition) is 2. The molecule has 2 aliphatic rings. The minimum absolute atomic E-state index is 0.0823. The van der Waals surface area contributed by atoms with Crippen LogP contribution in [0.2, 0.25) is 0 Å². The van der Waals surface area contributed by atoms with Gasteiger partial charge in [0.15, 0.2) is 28.4 Å². The lowest BCUT2D eigenvalue weighted by Crippen LogP contribution is -2.11.